The minimum Gasteiger partial charge on any atom is -0.493 e. The molecule has 0 bridgehead atoms. The number of carbonyl (C=O) groups is 2. The van der Waals surface area contributed by atoms with Gasteiger partial charge in [-0.1, -0.05) is 68.7 Å². The molecule has 2 amide bonds. The molecule has 6 heteroatoms. The van der Waals surface area contributed by atoms with Crippen molar-refractivity contribution in [3.8, 4) is 11.5 Å². The average Bonchev–Trinajstić information content (AvgIpc) is 2.89. The van der Waals surface area contributed by atoms with Crippen molar-refractivity contribution in [2.75, 3.05) is 13.7 Å². The van der Waals surface area contributed by atoms with Gasteiger partial charge in [0.05, 0.1) is 13.7 Å². The third kappa shape index (κ3) is 7.10. The first-order valence-corrected chi connectivity index (χ1v) is 11.6. The molecule has 0 aliphatic rings. The molecule has 34 heavy (non-hydrogen) atoms. The number of amides is 2. The second kappa shape index (κ2) is 13.0. The van der Waals surface area contributed by atoms with Crippen LogP contribution in [0, 0.1) is 0 Å². The van der Waals surface area contributed by atoms with Crippen LogP contribution >= 0.6 is 0 Å². The number of hydrogen-bond donors (Lipinski definition) is 2. The number of benzene rings is 3. The number of ether oxygens (including phenoxy) is 2. The van der Waals surface area contributed by atoms with E-state index in [2.05, 4.69) is 17.6 Å². The number of nitrogens with one attached hydrogen (secondary N) is 2. The van der Waals surface area contributed by atoms with Gasteiger partial charge in [-0.2, -0.15) is 0 Å². The Bertz CT molecular complexity index is 1000. The van der Waals surface area contributed by atoms with Gasteiger partial charge in [0.15, 0.2) is 11.5 Å². The van der Waals surface area contributed by atoms with Gasteiger partial charge in [0, 0.05) is 11.1 Å². The Morgan fingerprint density at radius 2 is 1.35 bits per heavy atom. The zero-order valence-electron chi connectivity index (χ0n) is 19.8. The summed E-state index contributed by atoms with van der Waals surface area (Å²) in [6.07, 6.45) is 3.60. The smallest absolute Gasteiger partial charge is 0.253 e. The molecule has 0 spiro atoms. The van der Waals surface area contributed by atoms with Crippen LogP contribution in [0.4, 0.5) is 0 Å². The van der Waals surface area contributed by atoms with Crippen LogP contribution in [0.2, 0.25) is 0 Å². The molecule has 0 radical (unpaired) electrons. The second-order valence-electron chi connectivity index (χ2n) is 7.93. The van der Waals surface area contributed by atoms with Crippen molar-refractivity contribution < 1.29 is 19.1 Å². The molecule has 0 fully saturated rings. The van der Waals surface area contributed by atoms with Crippen molar-refractivity contribution in [2.45, 2.75) is 38.8 Å². The average molecular weight is 461 g/mol. The maximum Gasteiger partial charge on any atom is 0.253 e. The van der Waals surface area contributed by atoms with Crippen molar-refractivity contribution >= 4 is 11.8 Å². The lowest BCUT2D eigenvalue weighted by molar-refractivity contribution is 0.0883. The predicted molar refractivity (Wildman–Crippen MR) is 133 cm³/mol. The van der Waals surface area contributed by atoms with Crippen molar-refractivity contribution in [3.63, 3.8) is 0 Å². The monoisotopic (exact) mass is 460 g/mol. The molecule has 0 aliphatic heterocycles. The van der Waals surface area contributed by atoms with Crippen LogP contribution in [0.5, 0.6) is 11.5 Å². The first-order valence-electron chi connectivity index (χ1n) is 11.6. The highest BCUT2D eigenvalue weighted by Crippen LogP contribution is 2.30. The first kappa shape index (κ1) is 24.8. The molecule has 0 atom stereocenters. The summed E-state index contributed by atoms with van der Waals surface area (Å²) in [6.45, 7) is 2.73. The fourth-order valence-electron chi connectivity index (χ4n) is 3.51. The van der Waals surface area contributed by atoms with Gasteiger partial charge in [0.1, 0.15) is 6.17 Å². The number of carbonyl (C=O) groups excluding carboxylic acids is 2. The van der Waals surface area contributed by atoms with E-state index in [9.17, 15) is 9.59 Å². The van der Waals surface area contributed by atoms with Crippen molar-refractivity contribution in [1.29, 1.82) is 0 Å². The summed E-state index contributed by atoms with van der Waals surface area (Å²) in [4.78, 5) is 25.8. The van der Waals surface area contributed by atoms with E-state index in [1.165, 1.54) is 6.42 Å². The SMILES string of the molecule is CCCCCCOc1cc(C(NC(=O)c2ccccc2)NC(=O)c2ccccc2)ccc1OC. The highest BCUT2D eigenvalue weighted by Gasteiger charge is 2.20. The highest BCUT2D eigenvalue weighted by atomic mass is 16.5. The largest absolute Gasteiger partial charge is 0.493 e. The Morgan fingerprint density at radius 1 is 0.765 bits per heavy atom. The van der Waals surface area contributed by atoms with E-state index in [1.807, 2.05) is 18.2 Å². The highest BCUT2D eigenvalue weighted by molar-refractivity contribution is 5.96. The van der Waals surface area contributed by atoms with Gasteiger partial charge in [0.2, 0.25) is 0 Å². The Labute approximate surface area is 201 Å². The maximum atomic E-state index is 12.9. The number of hydrogen-bond acceptors (Lipinski definition) is 4. The minimum atomic E-state index is -0.770. The Kier molecular flexibility index (Phi) is 9.52. The van der Waals surface area contributed by atoms with Crippen LogP contribution in [0.1, 0.15) is 65.1 Å². The normalized spacial score (nSPS) is 10.6. The molecule has 0 saturated heterocycles. The third-order valence-corrected chi connectivity index (χ3v) is 5.40. The molecule has 3 aromatic carbocycles. The molecule has 0 unspecified atom stereocenters. The fraction of sp³-hybridized carbons (Fsp3) is 0.286. The minimum absolute atomic E-state index is 0.295. The van der Waals surface area contributed by atoms with Gasteiger partial charge in [0.25, 0.3) is 11.8 Å². The van der Waals surface area contributed by atoms with Crippen LogP contribution in [-0.2, 0) is 0 Å². The molecule has 0 saturated carbocycles. The fourth-order valence-corrected chi connectivity index (χ4v) is 3.51. The molecule has 3 rings (SSSR count). The molecule has 178 valence electrons. The summed E-state index contributed by atoms with van der Waals surface area (Å²) >= 11 is 0. The van der Waals surface area contributed by atoms with Crippen LogP contribution in [0.15, 0.2) is 78.9 Å². The number of methoxy groups -OCH3 is 1. The summed E-state index contributed by atoms with van der Waals surface area (Å²) in [5.41, 5.74) is 1.68. The molecule has 6 nitrogen and oxygen atoms in total. The quantitative estimate of drug-likeness (QED) is 0.276. The van der Waals surface area contributed by atoms with Crippen LogP contribution in [-0.4, -0.2) is 25.5 Å². The van der Waals surface area contributed by atoms with E-state index in [4.69, 9.17) is 9.47 Å². The van der Waals surface area contributed by atoms with E-state index in [0.717, 1.165) is 19.3 Å². The van der Waals surface area contributed by atoms with Crippen molar-refractivity contribution in [3.05, 3.63) is 95.6 Å². The van der Waals surface area contributed by atoms with Crippen LogP contribution in [0.3, 0.4) is 0 Å². The van der Waals surface area contributed by atoms with E-state index in [1.54, 1.807) is 67.8 Å². The summed E-state index contributed by atoms with van der Waals surface area (Å²) in [5.74, 6) is 0.583. The Morgan fingerprint density at radius 3 is 1.88 bits per heavy atom. The van der Waals surface area contributed by atoms with E-state index in [-0.39, 0.29) is 11.8 Å². The molecule has 0 heterocycles. The van der Waals surface area contributed by atoms with Gasteiger partial charge in [-0.05, 0) is 48.4 Å². The van der Waals surface area contributed by atoms with E-state index in [0.29, 0.717) is 34.8 Å². The lowest BCUT2D eigenvalue weighted by Crippen LogP contribution is -2.41. The van der Waals surface area contributed by atoms with Crippen molar-refractivity contribution in [2.24, 2.45) is 0 Å². The molecular formula is C28H32N2O4. The molecule has 0 aromatic heterocycles. The topological polar surface area (TPSA) is 76.7 Å². The van der Waals surface area contributed by atoms with Crippen LogP contribution in [0.25, 0.3) is 0 Å². The summed E-state index contributed by atoms with van der Waals surface area (Å²) in [5, 5.41) is 5.86. The Balaban J connectivity index is 1.84. The molecule has 3 aromatic rings. The Hall–Kier alpha value is -3.80. The molecule has 2 N–H and O–H groups in total. The zero-order valence-corrected chi connectivity index (χ0v) is 19.8. The van der Waals surface area contributed by atoms with E-state index >= 15 is 0 Å². The molecule has 0 aliphatic carbocycles. The van der Waals surface area contributed by atoms with Gasteiger partial charge in [-0.15, -0.1) is 0 Å². The summed E-state index contributed by atoms with van der Waals surface area (Å²) in [7, 11) is 1.59. The maximum absolute atomic E-state index is 12.9. The zero-order chi connectivity index (χ0) is 24.2. The lowest BCUT2D eigenvalue weighted by Gasteiger charge is -2.22. The van der Waals surface area contributed by atoms with Gasteiger partial charge < -0.3 is 20.1 Å². The van der Waals surface area contributed by atoms with Gasteiger partial charge in [-0.3, -0.25) is 9.59 Å². The predicted octanol–water partition coefficient (Wildman–Crippen LogP) is 5.51. The summed E-state index contributed by atoms with van der Waals surface area (Å²) in [6, 6.07) is 23.2. The standard InChI is InChI=1S/C28H32N2O4/c1-3-4-5-12-19-34-25-20-23(17-18-24(25)33-2)26(29-27(31)21-13-8-6-9-14-21)30-28(32)22-15-10-7-11-16-22/h6-11,13-18,20,26H,3-5,12,19H2,1-2H3,(H,29,31)(H,30,32). The third-order valence-electron chi connectivity index (χ3n) is 5.40. The first-order chi connectivity index (χ1) is 16.6. The second-order valence-corrected chi connectivity index (χ2v) is 7.93. The summed E-state index contributed by atoms with van der Waals surface area (Å²) < 4.78 is 11.5. The van der Waals surface area contributed by atoms with Gasteiger partial charge in [-0.25, -0.2) is 0 Å². The molecular weight excluding hydrogens is 428 g/mol. The van der Waals surface area contributed by atoms with E-state index < -0.39 is 6.17 Å². The van der Waals surface area contributed by atoms with Crippen molar-refractivity contribution in [1.82, 2.24) is 10.6 Å². The van der Waals surface area contributed by atoms with Crippen LogP contribution < -0.4 is 20.1 Å². The number of rotatable bonds is 12. The lowest BCUT2D eigenvalue weighted by atomic mass is 10.1. The van der Waals surface area contributed by atoms with Gasteiger partial charge >= 0.3 is 0 Å². The number of unbranched alkanes of at least 4 members (excludes halogenated alkanes) is 3.